The van der Waals surface area contributed by atoms with E-state index in [0.29, 0.717) is 47.8 Å². The number of hydrogen-bond acceptors (Lipinski definition) is 7. The number of rotatable bonds is 11. The number of piperidine rings is 1. The van der Waals surface area contributed by atoms with Crippen LogP contribution >= 0.6 is 35.6 Å². The molecule has 8 nitrogen and oxygen atoms in total. The van der Waals surface area contributed by atoms with E-state index in [4.69, 9.17) is 42.1 Å². The molecule has 3 aliphatic rings. The van der Waals surface area contributed by atoms with Crippen molar-refractivity contribution in [1.29, 1.82) is 0 Å². The third-order valence-electron chi connectivity index (χ3n) is 8.07. The molecule has 2 aliphatic heterocycles. The lowest BCUT2D eigenvalue weighted by atomic mass is 9.91. The Kier molecular flexibility index (Phi) is 11.1. The number of anilines is 1. The summed E-state index contributed by atoms with van der Waals surface area (Å²) in [5.41, 5.74) is 2.47. The highest BCUT2D eigenvalue weighted by atomic mass is 35.5. The number of fused-ring (bicyclic) bond motifs is 1. The fraction of sp³-hybridized carbons (Fsp3) is 0.424. The summed E-state index contributed by atoms with van der Waals surface area (Å²) in [5.74, 6) is 1.20. The fourth-order valence-electron chi connectivity index (χ4n) is 5.76. The van der Waals surface area contributed by atoms with E-state index in [1.54, 1.807) is 24.3 Å². The maximum atomic E-state index is 15.0. The number of carbonyl (C=O) groups excluding carboxylic acids is 1. The van der Waals surface area contributed by atoms with E-state index < -0.39 is 5.82 Å². The minimum atomic E-state index is -0.506. The monoisotopic (exact) mass is 679 g/mol. The fourth-order valence-corrected chi connectivity index (χ4v) is 6.47. The van der Waals surface area contributed by atoms with E-state index in [1.807, 2.05) is 30.0 Å². The second kappa shape index (κ2) is 15.0. The minimum Gasteiger partial charge on any atom is -0.487 e. The Morgan fingerprint density at radius 1 is 1.04 bits per heavy atom. The van der Waals surface area contributed by atoms with Crippen LogP contribution in [0.2, 0.25) is 10.0 Å². The van der Waals surface area contributed by atoms with Gasteiger partial charge < -0.3 is 34.5 Å². The van der Waals surface area contributed by atoms with Crippen molar-refractivity contribution in [2.45, 2.75) is 44.8 Å². The highest BCUT2D eigenvalue weighted by Crippen LogP contribution is 2.38. The van der Waals surface area contributed by atoms with Crippen LogP contribution in [0.1, 0.15) is 30.4 Å². The molecule has 0 bridgehead atoms. The van der Waals surface area contributed by atoms with Crippen LogP contribution < -0.4 is 29.6 Å². The van der Waals surface area contributed by atoms with Gasteiger partial charge in [0.1, 0.15) is 26.4 Å². The van der Waals surface area contributed by atoms with Crippen LogP contribution in [-0.4, -0.2) is 62.4 Å². The molecular weight excluding hydrogens is 644 g/mol. The molecule has 1 amide bonds. The van der Waals surface area contributed by atoms with Crippen molar-refractivity contribution in [1.82, 2.24) is 10.2 Å². The zero-order valence-electron chi connectivity index (χ0n) is 25.0. The van der Waals surface area contributed by atoms with Gasteiger partial charge in [-0.2, -0.15) is 0 Å². The Labute approximate surface area is 278 Å². The molecule has 242 valence electrons. The van der Waals surface area contributed by atoms with E-state index in [9.17, 15) is 4.79 Å². The maximum absolute atomic E-state index is 15.0. The van der Waals surface area contributed by atoms with Crippen molar-refractivity contribution in [2.75, 3.05) is 44.8 Å². The highest BCUT2D eigenvalue weighted by Gasteiger charge is 2.40. The summed E-state index contributed by atoms with van der Waals surface area (Å²) >= 11 is 12.5. The van der Waals surface area contributed by atoms with E-state index in [0.717, 1.165) is 48.4 Å². The number of benzene rings is 3. The van der Waals surface area contributed by atoms with Gasteiger partial charge in [-0.15, -0.1) is 12.4 Å². The summed E-state index contributed by atoms with van der Waals surface area (Å²) < 4.78 is 38.0. The number of nitrogens with one attached hydrogen (secondary N) is 2. The summed E-state index contributed by atoms with van der Waals surface area (Å²) in [7, 11) is 0. The highest BCUT2D eigenvalue weighted by molar-refractivity contribution is 6.37. The average Bonchev–Trinajstić information content (AvgIpc) is 3.85. The van der Waals surface area contributed by atoms with Gasteiger partial charge in [-0.1, -0.05) is 35.3 Å². The molecule has 2 atom stereocenters. The molecule has 1 saturated carbocycles. The van der Waals surface area contributed by atoms with Crippen LogP contribution in [0.25, 0.3) is 0 Å². The largest absolute Gasteiger partial charge is 0.487 e. The lowest BCUT2D eigenvalue weighted by molar-refractivity contribution is -0.137. The molecule has 1 aliphatic carbocycles. The van der Waals surface area contributed by atoms with Crippen LogP contribution in [0.15, 0.2) is 48.5 Å². The van der Waals surface area contributed by atoms with Gasteiger partial charge in [0, 0.05) is 42.5 Å². The number of carbonyl (C=O) groups is 1. The van der Waals surface area contributed by atoms with Crippen molar-refractivity contribution in [3.63, 3.8) is 0 Å². The summed E-state index contributed by atoms with van der Waals surface area (Å²) in [6, 6.07) is 14.2. The quantitative estimate of drug-likeness (QED) is 0.219. The summed E-state index contributed by atoms with van der Waals surface area (Å²) in [4.78, 5) is 16.0. The molecule has 2 fully saturated rings. The first-order chi connectivity index (χ1) is 21.4. The van der Waals surface area contributed by atoms with Crippen LogP contribution in [-0.2, 0) is 11.3 Å². The van der Waals surface area contributed by atoms with Gasteiger partial charge in [0.05, 0.1) is 16.0 Å². The van der Waals surface area contributed by atoms with Crippen molar-refractivity contribution in [3.8, 4) is 23.0 Å². The topological polar surface area (TPSA) is 81.3 Å². The molecule has 0 radical (unpaired) electrons. The van der Waals surface area contributed by atoms with Crippen molar-refractivity contribution >= 4 is 47.2 Å². The number of nitrogens with zero attached hydrogens (tertiary/aromatic N) is 1. The zero-order chi connectivity index (χ0) is 30.6. The van der Waals surface area contributed by atoms with Crippen molar-refractivity contribution < 1.29 is 28.1 Å². The molecule has 2 heterocycles. The number of hydrogen-bond donors (Lipinski definition) is 2. The number of ether oxygens (including phenoxy) is 4. The Bertz CT molecular complexity index is 1490. The molecule has 3 aromatic carbocycles. The third kappa shape index (κ3) is 8.01. The first kappa shape index (κ1) is 33.3. The van der Waals surface area contributed by atoms with E-state index in [1.165, 1.54) is 6.07 Å². The number of aryl methyl sites for hydroxylation is 1. The van der Waals surface area contributed by atoms with Crippen LogP contribution in [0, 0.1) is 18.7 Å². The van der Waals surface area contributed by atoms with Gasteiger partial charge in [-0.3, -0.25) is 4.79 Å². The molecule has 12 heteroatoms. The molecule has 0 spiro atoms. The first-order valence-electron chi connectivity index (χ1n) is 15.0. The van der Waals surface area contributed by atoms with Crippen LogP contribution in [0.5, 0.6) is 23.0 Å². The van der Waals surface area contributed by atoms with Gasteiger partial charge in [0.25, 0.3) is 0 Å². The molecule has 1 saturated heterocycles. The maximum Gasteiger partial charge on any atom is 0.229 e. The molecule has 3 aromatic rings. The Morgan fingerprint density at radius 2 is 1.80 bits per heavy atom. The molecule has 2 N–H and O–H groups in total. The molecular formula is C33H37Cl3FN3O5. The minimum absolute atomic E-state index is 0. The zero-order valence-corrected chi connectivity index (χ0v) is 27.3. The van der Waals surface area contributed by atoms with Crippen LogP contribution in [0.3, 0.4) is 0 Å². The second-order valence-corrected chi connectivity index (χ2v) is 12.2. The van der Waals surface area contributed by atoms with E-state index in [-0.39, 0.29) is 55.3 Å². The Morgan fingerprint density at radius 3 is 2.56 bits per heavy atom. The third-order valence-corrected chi connectivity index (χ3v) is 8.63. The standard InChI is InChI=1S/C33H36Cl2FN3O5.ClH/c1-20-15-25(34)32(26(35)16-20)44-14-11-41-29-8-5-22(17-27(29)36)38-28-9-10-37-18-24(28)33(40)39(23-6-7-23)19-21-3-2-4-30-31(21)43-13-12-42-30;/h2-5,8,15-17,23-24,28,37-38H,6-7,9-14,18-19H2,1H3;1H. The Hall–Kier alpha value is -3.11. The first-order valence-corrected chi connectivity index (χ1v) is 15.8. The molecule has 2 unspecified atom stereocenters. The second-order valence-electron chi connectivity index (χ2n) is 11.4. The SMILES string of the molecule is Cc1cc(Cl)c(OCCOc2ccc(NC3CCNCC3C(=O)N(Cc3cccc4c3OCCO4)C3CC3)cc2F)c(Cl)c1.Cl. The normalized spacial score (nSPS) is 18.8. The predicted octanol–water partition coefficient (Wildman–Crippen LogP) is 6.67. The van der Waals surface area contributed by atoms with E-state index >= 15 is 4.39 Å². The predicted molar refractivity (Wildman–Crippen MR) is 175 cm³/mol. The van der Waals surface area contributed by atoms with Crippen LogP contribution in [0.4, 0.5) is 10.1 Å². The lowest BCUT2D eigenvalue weighted by Gasteiger charge is -2.36. The Balaban J connectivity index is 0.00000400. The smallest absolute Gasteiger partial charge is 0.229 e. The number of para-hydroxylation sites is 1. The summed E-state index contributed by atoms with van der Waals surface area (Å²) in [6.45, 7) is 4.92. The molecule has 45 heavy (non-hydrogen) atoms. The summed E-state index contributed by atoms with van der Waals surface area (Å²) in [5, 5.41) is 7.63. The van der Waals surface area contributed by atoms with Gasteiger partial charge in [-0.25, -0.2) is 4.39 Å². The molecule has 0 aromatic heterocycles. The average molecular weight is 681 g/mol. The molecule has 6 rings (SSSR count). The summed E-state index contributed by atoms with van der Waals surface area (Å²) in [6.07, 6.45) is 2.70. The van der Waals surface area contributed by atoms with Crippen molar-refractivity contribution in [3.05, 3.63) is 75.5 Å². The van der Waals surface area contributed by atoms with Gasteiger partial charge in [-0.05, 0) is 68.6 Å². The lowest BCUT2D eigenvalue weighted by Crippen LogP contribution is -2.52. The number of halogens is 4. The van der Waals surface area contributed by atoms with Gasteiger partial charge in [0.15, 0.2) is 28.8 Å². The van der Waals surface area contributed by atoms with E-state index in [2.05, 4.69) is 10.6 Å². The van der Waals surface area contributed by atoms with Gasteiger partial charge >= 0.3 is 0 Å². The number of amides is 1. The van der Waals surface area contributed by atoms with Crippen molar-refractivity contribution in [2.24, 2.45) is 5.92 Å². The van der Waals surface area contributed by atoms with Gasteiger partial charge in [0.2, 0.25) is 5.91 Å².